The normalized spacial score (nSPS) is 14.7. The van der Waals surface area contributed by atoms with E-state index in [1.807, 2.05) is 0 Å². The summed E-state index contributed by atoms with van der Waals surface area (Å²) in [5, 5.41) is 0. The molecule has 0 radical (unpaired) electrons. The Bertz CT molecular complexity index is 990. The Morgan fingerprint density at radius 2 is 0.964 bits per heavy atom. The molecule has 0 aromatic heterocycles. The highest BCUT2D eigenvalue weighted by atomic mass is 32.2. The van der Waals surface area contributed by atoms with Crippen molar-refractivity contribution in [1.29, 1.82) is 0 Å². The molecule has 3 rings (SSSR count). The van der Waals surface area contributed by atoms with Crippen LogP contribution in [-0.4, -0.2) is 16.8 Å². The first-order valence-corrected chi connectivity index (χ1v) is 11.1. The van der Waals surface area contributed by atoms with Gasteiger partial charge in [-0.15, -0.1) is 8.57 Å². The van der Waals surface area contributed by atoms with Gasteiger partial charge in [0.2, 0.25) is 0 Å². The average molecular weight is 422 g/mol. The van der Waals surface area contributed by atoms with E-state index < -0.39 is 20.2 Å². The molecule has 148 valence electrons. The fourth-order valence-electron chi connectivity index (χ4n) is 2.34. The highest BCUT2D eigenvalue weighted by Crippen LogP contribution is 2.18. The van der Waals surface area contributed by atoms with Gasteiger partial charge >= 0.3 is 20.2 Å². The number of allylic oxidation sites excluding steroid dienone is 2. The number of rotatable bonds is 8. The lowest BCUT2D eigenvalue weighted by Crippen LogP contribution is -2.29. The van der Waals surface area contributed by atoms with Gasteiger partial charge in [0.15, 0.2) is 0 Å². The zero-order valence-corrected chi connectivity index (χ0v) is 16.2. The summed E-state index contributed by atoms with van der Waals surface area (Å²) >= 11 is 0. The minimum absolute atomic E-state index is 0.0136. The number of benzene rings is 2. The van der Waals surface area contributed by atoms with E-state index in [4.69, 9.17) is 8.57 Å². The zero-order valence-electron chi connectivity index (χ0n) is 14.6. The first-order valence-electron chi connectivity index (χ1n) is 8.28. The van der Waals surface area contributed by atoms with E-state index >= 15 is 0 Å². The molecule has 0 unspecified atom stereocenters. The summed E-state index contributed by atoms with van der Waals surface area (Å²) in [6.07, 6.45) is 4.57. The smallest absolute Gasteiger partial charge is 0.247 e. The van der Waals surface area contributed by atoms with Crippen molar-refractivity contribution in [3.63, 3.8) is 0 Å². The van der Waals surface area contributed by atoms with Gasteiger partial charge in [-0.25, -0.2) is 11.0 Å². The predicted molar refractivity (Wildman–Crippen MR) is 101 cm³/mol. The molecule has 1 aliphatic rings. The SMILES string of the molecule is O=S(=O)(ONC1=CCCC=C1NOS(=O)(=O)c1ccccc1)c1ccccc1. The van der Waals surface area contributed by atoms with Gasteiger partial charge in [-0.3, -0.25) is 0 Å². The van der Waals surface area contributed by atoms with Gasteiger partial charge in [0.25, 0.3) is 0 Å². The van der Waals surface area contributed by atoms with Crippen LogP contribution in [0.4, 0.5) is 0 Å². The minimum Gasteiger partial charge on any atom is -0.247 e. The molecule has 10 heteroatoms. The largest absolute Gasteiger partial charge is 0.317 e. The molecule has 0 fully saturated rings. The maximum Gasteiger partial charge on any atom is 0.317 e. The van der Waals surface area contributed by atoms with Crippen LogP contribution in [0.1, 0.15) is 12.8 Å². The van der Waals surface area contributed by atoms with Crippen LogP contribution in [0.15, 0.2) is 94.0 Å². The zero-order chi connectivity index (χ0) is 20.0. The van der Waals surface area contributed by atoms with E-state index in [-0.39, 0.29) is 21.2 Å². The van der Waals surface area contributed by atoms with Crippen molar-refractivity contribution in [3.05, 3.63) is 84.2 Å². The molecule has 8 nitrogen and oxygen atoms in total. The highest BCUT2D eigenvalue weighted by molar-refractivity contribution is 7.87. The van der Waals surface area contributed by atoms with Crippen LogP contribution in [-0.2, 0) is 28.8 Å². The van der Waals surface area contributed by atoms with Crippen molar-refractivity contribution in [2.24, 2.45) is 0 Å². The van der Waals surface area contributed by atoms with Crippen LogP contribution >= 0.6 is 0 Å². The molecule has 2 aromatic rings. The van der Waals surface area contributed by atoms with E-state index in [1.54, 1.807) is 48.6 Å². The van der Waals surface area contributed by atoms with Crippen molar-refractivity contribution in [2.75, 3.05) is 0 Å². The van der Waals surface area contributed by atoms with Crippen LogP contribution in [0.2, 0.25) is 0 Å². The van der Waals surface area contributed by atoms with Gasteiger partial charge in [0.05, 0.1) is 21.2 Å². The average Bonchev–Trinajstić information content (AvgIpc) is 2.73. The van der Waals surface area contributed by atoms with Crippen LogP contribution < -0.4 is 11.0 Å². The molecule has 0 spiro atoms. The molecule has 0 bridgehead atoms. The summed E-state index contributed by atoms with van der Waals surface area (Å²) in [5.41, 5.74) is 5.20. The Labute approximate surface area is 163 Å². The quantitative estimate of drug-likeness (QED) is 0.624. The van der Waals surface area contributed by atoms with E-state index in [2.05, 4.69) is 11.0 Å². The number of hydrogen-bond acceptors (Lipinski definition) is 8. The van der Waals surface area contributed by atoms with Crippen LogP contribution in [0.3, 0.4) is 0 Å². The summed E-state index contributed by atoms with van der Waals surface area (Å²) in [6.45, 7) is 0. The van der Waals surface area contributed by atoms with E-state index in [0.717, 1.165) is 0 Å². The molecular formula is C18H18N2O6S2. The van der Waals surface area contributed by atoms with Gasteiger partial charge < -0.3 is 0 Å². The third kappa shape index (κ3) is 4.98. The lowest BCUT2D eigenvalue weighted by molar-refractivity contribution is 0.210. The fourth-order valence-corrected chi connectivity index (χ4v) is 3.91. The summed E-state index contributed by atoms with van der Waals surface area (Å²) in [7, 11) is -8.07. The molecule has 2 N–H and O–H groups in total. The van der Waals surface area contributed by atoms with Crippen molar-refractivity contribution < 1.29 is 25.4 Å². The monoisotopic (exact) mass is 422 g/mol. The van der Waals surface area contributed by atoms with Gasteiger partial charge in [-0.1, -0.05) is 48.6 Å². The van der Waals surface area contributed by atoms with Crippen molar-refractivity contribution in [1.82, 2.24) is 11.0 Å². The fraction of sp³-hybridized carbons (Fsp3) is 0.111. The number of hydrogen-bond donors (Lipinski definition) is 2. The Hall–Kier alpha value is -2.66. The van der Waals surface area contributed by atoms with Crippen molar-refractivity contribution in [3.8, 4) is 0 Å². The summed E-state index contributed by atoms with van der Waals surface area (Å²) in [6, 6.07) is 15.3. The first-order chi connectivity index (χ1) is 13.4. The lowest BCUT2D eigenvalue weighted by Gasteiger charge is -2.18. The molecule has 2 aromatic carbocycles. The minimum atomic E-state index is -4.04. The predicted octanol–water partition coefficient (Wildman–Crippen LogP) is 2.37. The van der Waals surface area contributed by atoms with Gasteiger partial charge in [0.1, 0.15) is 0 Å². The summed E-state index contributed by atoms with van der Waals surface area (Å²) in [5.74, 6) is 0. The lowest BCUT2D eigenvalue weighted by atomic mass is 10.1. The first kappa shape index (κ1) is 20.1. The van der Waals surface area contributed by atoms with Crippen LogP contribution in [0, 0.1) is 0 Å². The molecule has 0 saturated heterocycles. The second-order valence-electron chi connectivity index (χ2n) is 5.72. The molecular weight excluding hydrogens is 404 g/mol. The molecule has 0 aliphatic heterocycles. The second kappa shape index (κ2) is 8.57. The standard InChI is InChI=1S/C18H18N2O6S2/c21-27(22,15-9-3-1-4-10-15)25-19-17-13-7-8-14-18(17)20-26-28(23,24)16-11-5-2-6-12-16/h1-6,9-14,19-20H,7-8H2. The Balaban J connectivity index is 1.66. The molecule has 28 heavy (non-hydrogen) atoms. The van der Waals surface area contributed by atoms with Crippen LogP contribution in [0.5, 0.6) is 0 Å². The van der Waals surface area contributed by atoms with Crippen LogP contribution in [0.25, 0.3) is 0 Å². The number of hydroxylamine groups is 2. The third-order valence-corrected chi connectivity index (χ3v) is 6.04. The summed E-state index contributed by atoms with van der Waals surface area (Å²) in [4.78, 5) is -0.0272. The molecule has 0 atom stereocenters. The van der Waals surface area contributed by atoms with Crippen molar-refractivity contribution in [2.45, 2.75) is 22.6 Å². The Morgan fingerprint density at radius 1 is 0.607 bits per heavy atom. The highest BCUT2D eigenvalue weighted by Gasteiger charge is 2.20. The third-order valence-electron chi connectivity index (χ3n) is 3.74. The summed E-state index contributed by atoms with van der Waals surface area (Å²) < 4.78 is 58.6. The van der Waals surface area contributed by atoms with E-state index in [0.29, 0.717) is 12.8 Å². The molecule has 0 heterocycles. The molecule has 0 saturated carbocycles. The Kier molecular flexibility index (Phi) is 6.15. The maximum absolute atomic E-state index is 12.2. The van der Waals surface area contributed by atoms with Gasteiger partial charge in [0, 0.05) is 0 Å². The molecule has 0 amide bonds. The number of nitrogens with one attached hydrogen (secondary N) is 2. The Morgan fingerprint density at radius 3 is 1.32 bits per heavy atom. The second-order valence-corrected chi connectivity index (χ2v) is 8.81. The van der Waals surface area contributed by atoms with E-state index in [9.17, 15) is 16.8 Å². The van der Waals surface area contributed by atoms with Gasteiger partial charge in [-0.05, 0) is 37.1 Å². The van der Waals surface area contributed by atoms with Crippen molar-refractivity contribution >= 4 is 20.2 Å². The molecule has 1 aliphatic carbocycles. The topological polar surface area (TPSA) is 111 Å². The maximum atomic E-state index is 12.2. The van der Waals surface area contributed by atoms with Gasteiger partial charge in [-0.2, -0.15) is 16.8 Å². The van der Waals surface area contributed by atoms with E-state index in [1.165, 1.54) is 24.3 Å².